The van der Waals surface area contributed by atoms with Gasteiger partial charge in [0.05, 0.1) is 6.61 Å². The van der Waals surface area contributed by atoms with Crippen LogP contribution in [0.3, 0.4) is 0 Å². The van der Waals surface area contributed by atoms with E-state index in [9.17, 15) is 0 Å². The van der Waals surface area contributed by atoms with E-state index in [2.05, 4.69) is 11.4 Å². The summed E-state index contributed by atoms with van der Waals surface area (Å²) in [6.45, 7) is 1.17. The molecule has 0 amide bonds. The van der Waals surface area contributed by atoms with Crippen LogP contribution in [0.1, 0.15) is 17.5 Å². The van der Waals surface area contributed by atoms with Crippen molar-refractivity contribution in [3.8, 4) is 0 Å². The van der Waals surface area contributed by atoms with Crippen molar-refractivity contribution in [2.24, 2.45) is 0 Å². The largest absolute Gasteiger partial charge is 0.392 e. The van der Waals surface area contributed by atoms with Crippen molar-refractivity contribution < 1.29 is 5.11 Å². The number of hydrogen-bond donors (Lipinski definition) is 2. The third-order valence-electron chi connectivity index (χ3n) is 2.33. The molecule has 1 aliphatic rings. The van der Waals surface area contributed by atoms with Gasteiger partial charge in [-0.1, -0.05) is 18.2 Å². The highest BCUT2D eigenvalue weighted by Crippen LogP contribution is 2.25. The molecule has 0 spiro atoms. The summed E-state index contributed by atoms with van der Waals surface area (Å²) in [5.41, 5.74) is 3.52. The molecule has 2 rings (SSSR count). The minimum atomic E-state index is 0.135. The fourth-order valence-corrected chi connectivity index (χ4v) is 1.71. The Morgan fingerprint density at radius 1 is 1.42 bits per heavy atom. The quantitative estimate of drug-likeness (QED) is 0.658. The smallest absolute Gasteiger partial charge is 0.0702 e. The first-order valence-corrected chi connectivity index (χ1v) is 4.37. The maximum Gasteiger partial charge on any atom is 0.0702 e. The molecule has 0 aliphatic carbocycles. The van der Waals surface area contributed by atoms with Crippen molar-refractivity contribution in [2.75, 3.05) is 11.9 Å². The van der Waals surface area contributed by atoms with Crippen molar-refractivity contribution in [3.05, 3.63) is 29.3 Å². The number of fused-ring (bicyclic) bond motifs is 1. The lowest BCUT2D eigenvalue weighted by molar-refractivity contribution is 0.282. The van der Waals surface area contributed by atoms with Crippen LogP contribution < -0.4 is 5.32 Å². The van der Waals surface area contributed by atoms with E-state index in [4.69, 9.17) is 5.11 Å². The molecule has 0 aromatic heterocycles. The van der Waals surface area contributed by atoms with Gasteiger partial charge < -0.3 is 10.4 Å². The van der Waals surface area contributed by atoms with Crippen LogP contribution in [-0.2, 0) is 13.0 Å². The van der Waals surface area contributed by atoms with Gasteiger partial charge in [0.2, 0.25) is 0 Å². The standard InChI is InChI=1S/C10H13NO/c12-7-9-4-1-3-8-5-2-6-11-10(8)9/h1,3-4,11-12H,2,5-7H2. The Labute approximate surface area is 72.2 Å². The van der Waals surface area contributed by atoms with Gasteiger partial charge in [-0.25, -0.2) is 0 Å². The predicted octanol–water partition coefficient (Wildman–Crippen LogP) is 1.54. The van der Waals surface area contributed by atoms with Gasteiger partial charge in [-0.2, -0.15) is 0 Å². The molecule has 0 fully saturated rings. The van der Waals surface area contributed by atoms with Gasteiger partial charge in [-0.3, -0.25) is 0 Å². The molecule has 0 radical (unpaired) electrons. The lowest BCUT2D eigenvalue weighted by Crippen LogP contribution is -2.13. The average Bonchev–Trinajstić information content (AvgIpc) is 2.17. The summed E-state index contributed by atoms with van der Waals surface area (Å²) in [5.74, 6) is 0. The van der Waals surface area contributed by atoms with Crippen molar-refractivity contribution in [1.29, 1.82) is 0 Å². The summed E-state index contributed by atoms with van der Waals surface area (Å²) in [7, 11) is 0. The number of para-hydroxylation sites is 1. The second-order valence-corrected chi connectivity index (χ2v) is 3.14. The van der Waals surface area contributed by atoms with Crippen LogP contribution in [0.4, 0.5) is 5.69 Å². The Bertz CT molecular complexity index is 269. The molecule has 1 aliphatic heterocycles. The second kappa shape index (κ2) is 3.15. The topological polar surface area (TPSA) is 32.3 Å². The Kier molecular flexibility index (Phi) is 2.00. The molecule has 1 heterocycles. The number of nitrogens with one attached hydrogen (secondary N) is 1. The number of benzene rings is 1. The number of hydrogen-bond acceptors (Lipinski definition) is 2. The highest BCUT2D eigenvalue weighted by Gasteiger charge is 2.10. The first-order valence-electron chi connectivity index (χ1n) is 4.37. The fourth-order valence-electron chi connectivity index (χ4n) is 1.71. The average molecular weight is 163 g/mol. The summed E-state index contributed by atoms with van der Waals surface area (Å²) in [4.78, 5) is 0. The Morgan fingerprint density at radius 2 is 2.33 bits per heavy atom. The minimum absolute atomic E-state index is 0.135. The van der Waals surface area contributed by atoms with Gasteiger partial charge in [0.15, 0.2) is 0 Å². The normalized spacial score (nSPS) is 15.1. The lowest BCUT2D eigenvalue weighted by atomic mass is 10.00. The Morgan fingerprint density at radius 3 is 3.17 bits per heavy atom. The van der Waals surface area contributed by atoms with E-state index < -0.39 is 0 Å². The van der Waals surface area contributed by atoms with Gasteiger partial charge in [0.25, 0.3) is 0 Å². The van der Waals surface area contributed by atoms with E-state index in [1.165, 1.54) is 12.0 Å². The number of aliphatic hydroxyl groups is 1. The summed E-state index contributed by atoms with van der Waals surface area (Å²) in [6, 6.07) is 6.11. The van der Waals surface area contributed by atoms with Crippen LogP contribution in [0.2, 0.25) is 0 Å². The molecule has 64 valence electrons. The molecule has 0 unspecified atom stereocenters. The highest BCUT2D eigenvalue weighted by atomic mass is 16.3. The molecule has 0 saturated carbocycles. The van der Waals surface area contributed by atoms with Gasteiger partial charge in [-0.15, -0.1) is 0 Å². The van der Waals surface area contributed by atoms with Crippen LogP contribution in [0.25, 0.3) is 0 Å². The zero-order valence-corrected chi connectivity index (χ0v) is 7.01. The van der Waals surface area contributed by atoms with E-state index in [0.717, 1.165) is 24.2 Å². The third-order valence-corrected chi connectivity index (χ3v) is 2.33. The fraction of sp³-hybridized carbons (Fsp3) is 0.400. The van der Waals surface area contributed by atoms with Gasteiger partial charge in [0.1, 0.15) is 0 Å². The maximum absolute atomic E-state index is 9.05. The number of anilines is 1. The molecule has 1 aromatic carbocycles. The van der Waals surface area contributed by atoms with Crippen molar-refractivity contribution in [1.82, 2.24) is 0 Å². The third kappa shape index (κ3) is 1.18. The molecule has 0 atom stereocenters. The number of aryl methyl sites for hydroxylation is 1. The van der Waals surface area contributed by atoms with Crippen molar-refractivity contribution >= 4 is 5.69 Å². The summed E-state index contributed by atoms with van der Waals surface area (Å²) in [5, 5.41) is 12.4. The second-order valence-electron chi connectivity index (χ2n) is 3.14. The molecule has 0 saturated heterocycles. The summed E-state index contributed by atoms with van der Waals surface area (Å²) >= 11 is 0. The molecular formula is C10H13NO. The van der Waals surface area contributed by atoms with Crippen LogP contribution in [0.5, 0.6) is 0 Å². The number of rotatable bonds is 1. The van der Waals surface area contributed by atoms with Crippen LogP contribution in [0, 0.1) is 0 Å². The molecule has 12 heavy (non-hydrogen) atoms. The number of aliphatic hydroxyl groups excluding tert-OH is 1. The first kappa shape index (κ1) is 7.62. The van der Waals surface area contributed by atoms with E-state index in [0.29, 0.717) is 0 Å². The minimum Gasteiger partial charge on any atom is -0.392 e. The van der Waals surface area contributed by atoms with Crippen LogP contribution in [-0.4, -0.2) is 11.7 Å². The predicted molar refractivity (Wildman–Crippen MR) is 49.2 cm³/mol. The maximum atomic E-state index is 9.05. The monoisotopic (exact) mass is 163 g/mol. The Balaban J connectivity index is 2.44. The van der Waals surface area contributed by atoms with E-state index in [1.807, 2.05) is 12.1 Å². The van der Waals surface area contributed by atoms with Gasteiger partial charge in [-0.05, 0) is 18.4 Å². The van der Waals surface area contributed by atoms with Crippen molar-refractivity contribution in [2.45, 2.75) is 19.4 Å². The zero-order valence-electron chi connectivity index (χ0n) is 7.01. The van der Waals surface area contributed by atoms with Crippen molar-refractivity contribution in [3.63, 3.8) is 0 Å². The molecule has 2 N–H and O–H groups in total. The SMILES string of the molecule is OCc1cccc2c1NCCC2. The van der Waals surface area contributed by atoms with E-state index in [-0.39, 0.29) is 6.61 Å². The summed E-state index contributed by atoms with van der Waals surface area (Å²) < 4.78 is 0. The molecular weight excluding hydrogens is 150 g/mol. The molecule has 2 nitrogen and oxygen atoms in total. The molecule has 2 heteroatoms. The highest BCUT2D eigenvalue weighted by molar-refractivity contribution is 5.58. The van der Waals surface area contributed by atoms with E-state index in [1.54, 1.807) is 0 Å². The zero-order chi connectivity index (χ0) is 8.39. The lowest BCUT2D eigenvalue weighted by Gasteiger charge is -2.20. The van der Waals surface area contributed by atoms with Crippen LogP contribution >= 0.6 is 0 Å². The van der Waals surface area contributed by atoms with E-state index >= 15 is 0 Å². The van der Waals surface area contributed by atoms with Gasteiger partial charge >= 0.3 is 0 Å². The molecule has 0 bridgehead atoms. The van der Waals surface area contributed by atoms with Crippen LogP contribution in [0.15, 0.2) is 18.2 Å². The van der Waals surface area contributed by atoms with Gasteiger partial charge in [0, 0.05) is 17.8 Å². The first-order chi connectivity index (χ1) is 5.92. The molecule has 1 aromatic rings. The Hall–Kier alpha value is -1.02. The summed E-state index contributed by atoms with van der Waals surface area (Å²) in [6.07, 6.45) is 2.33.